The van der Waals surface area contributed by atoms with Gasteiger partial charge in [0.15, 0.2) is 0 Å². The molecular weight excluding hydrogens is 260 g/mol. The van der Waals surface area contributed by atoms with Crippen LogP contribution in [0.2, 0.25) is 5.02 Å². The highest BCUT2D eigenvalue weighted by Gasteiger charge is 2.18. The molecule has 0 amide bonds. The number of nitro groups is 1. The molecule has 0 bridgehead atoms. The van der Waals surface area contributed by atoms with Crippen molar-refractivity contribution in [3.8, 4) is 17.9 Å². The van der Waals surface area contributed by atoms with Crippen molar-refractivity contribution in [3.63, 3.8) is 0 Å². The first-order valence-electron chi connectivity index (χ1n) is 4.43. The zero-order valence-corrected chi connectivity index (χ0v) is 9.47. The van der Waals surface area contributed by atoms with Crippen molar-refractivity contribution in [2.24, 2.45) is 0 Å². The maximum absolute atomic E-state index is 10.6. The summed E-state index contributed by atoms with van der Waals surface area (Å²) < 4.78 is 0. The SMILES string of the molecule is N#CC(C#N)=CNc1cc(Cl)cc([N+](=O)[O-])c1O. The molecule has 18 heavy (non-hydrogen) atoms. The zero-order chi connectivity index (χ0) is 13.7. The van der Waals surface area contributed by atoms with Crippen molar-refractivity contribution in [3.05, 3.63) is 39.0 Å². The molecule has 0 aromatic heterocycles. The van der Waals surface area contributed by atoms with Gasteiger partial charge in [-0.05, 0) is 6.07 Å². The van der Waals surface area contributed by atoms with E-state index in [-0.39, 0.29) is 16.3 Å². The third-order valence-corrected chi connectivity index (χ3v) is 2.08. The van der Waals surface area contributed by atoms with E-state index in [1.54, 1.807) is 12.1 Å². The van der Waals surface area contributed by atoms with Crippen LogP contribution in [0.1, 0.15) is 0 Å². The zero-order valence-electron chi connectivity index (χ0n) is 8.72. The predicted octanol–water partition coefficient (Wildman–Crippen LogP) is 2.30. The second-order valence-corrected chi connectivity index (χ2v) is 3.44. The fourth-order valence-electron chi connectivity index (χ4n) is 1.07. The van der Waals surface area contributed by atoms with Crippen LogP contribution in [0.25, 0.3) is 0 Å². The first-order chi connectivity index (χ1) is 8.49. The quantitative estimate of drug-likeness (QED) is 0.374. The van der Waals surface area contributed by atoms with Gasteiger partial charge in [-0.3, -0.25) is 10.1 Å². The van der Waals surface area contributed by atoms with Crippen LogP contribution in [0.5, 0.6) is 5.75 Å². The number of nitro benzene ring substituents is 1. The number of aromatic hydroxyl groups is 1. The van der Waals surface area contributed by atoms with E-state index in [1.807, 2.05) is 0 Å². The van der Waals surface area contributed by atoms with E-state index in [0.29, 0.717) is 0 Å². The Morgan fingerprint density at radius 1 is 1.50 bits per heavy atom. The number of allylic oxidation sites excluding steroid dienone is 1. The van der Waals surface area contributed by atoms with Crippen LogP contribution in [0.4, 0.5) is 11.4 Å². The van der Waals surface area contributed by atoms with E-state index in [2.05, 4.69) is 5.32 Å². The lowest BCUT2D eigenvalue weighted by atomic mass is 10.2. The Balaban J connectivity index is 3.20. The lowest BCUT2D eigenvalue weighted by Gasteiger charge is -2.05. The van der Waals surface area contributed by atoms with Gasteiger partial charge in [-0.25, -0.2) is 0 Å². The van der Waals surface area contributed by atoms with Crippen molar-refractivity contribution >= 4 is 23.0 Å². The highest BCUT2D eigenvalue weighted by molar-refractivity contribution is 6.31. The standard InChI is InChI=1S/C10H5ClN4O3/c11-7-1-8(14-5-6(3-12)4-13)10(16)9(2-7)15(17)18/h1-2,5,14,16H. The average Bonchev–Trinajstić information content (AvgIpc) is 2.33. The highest BCUT2D eigenvalue weighted by atomic mass is 35.5. The smallest absolute Gasteiger partial charge is 0.314 e. The summed E-state index contributed by atoms with van der Waals surface area (Å²) in [7, 11) is 0. The lowest BCUT2D eigenvalue weighted by Crippen LogP contribution is -1.95. The lowest BCUT2D eigenvalue weighted by molar-refractivity contribution is -0.385. The number of hydrogen-bond donors (Lipinski definition) is 2. The molecular formula is C10H5ClN4O3. The minimum atomic E-state index is -0.800. The molecule has 0 unspecified atom stereocenters. The topological polar surface area (TPSA) is 123 Å². The van der Waals surface area contributed by atoms with E-state index in [4.69, 9.17) is 22.1 Å². The number of hydrogen-bond acceptors (Lipinski definition) is 6. The van der Waals surface area contributed by atoms with Crippen LogP contribution in [0.3, 0.4) is 0 Å². The predicted molar refractivity (Wildman–Crippen MR) is 62.7 cm³/mol. The van der Waals surface area contributed by atoms with Gasteiger partial charge in [0.2, 0.25) is 5.75 Å². The summed E-state index contributed by atoms with van der Waals surface area (Å²) in [6.45, 7) is 0. The number of halogens is 1. The fourth-order valence-corrected chi connectivity index (χ4v) is 1.29. The van der Waals surface area contributed by atoms with Gasteiger partial charge in [0.25, 0.3) is 0 Å². The molecule has 0 radical (unpaired) electrons. The van der Waals surface area contributed by atoms with Crippen molar-refractivity contribution in [1.82, 2.24) is 0 Å². The Hall–Kier alpha value is -2.77. The van der Waals surface area contributed by atoms with Crippen LogP contribution < -0.4 is 5.32 Å². The number of nitrogens with one attached hydrogen (secondary N) is 1. The van der Waals surface area contributed by atoms with Crippen LogP contribution >= 0.6 is 11.6 Å². The van der Waals surface area contributed by atoms with Crippen molar-refractivity contribution < 1.29 is 10.0 Å². The highest BCUT2D eigenvalue weighted by Crippen LogP contribution is 2.36. The molecule has 0 aliphatic heterocycles. The molecule has 1 rings (SSSR count). The third-order valence-electron chi connectivity index (χ3n) is 1.86. The van der Waals surface area contributed by atoms with Gasteiger partial charge in [0.1, 0.15) is 17.7 Å². The third kappa shape index (κ3) is 2.88. The summed E-state index contributed by atoms with van der Waals surface area (Å²) in [5, 5.41) is 39.6. The van der Waals surface area contributed by atoms with Crippen LogP contribution in [-0.2, 0) is 0 Å². The van der Waals surface area contributed by atoms with Gasteiger partial charge >= 0.3 is 5.69 Å². The van der Waals surface area contributed by atoms with Crippen molar-refractivity contribution in [2.45, 2.75) is 0 Å². The summed E-state index contributed by atoms with van der Waals surface area (Å²) in [6, 6.07) is 5.38. The van der Waals surface area contributed by atoms with Gasteiger partial charge in [-0.2, -0.15) is 10.5 Å². The average molecular weight is 265 g/mol. The summed E-state index contributed by atoms with van der Waals surface area (Å²) in [4.78, 5) is 9.82. The number of nitrogens with zero attached hydrogens (tertiary/aromatic N) is 3. The van der Waals surface area contributed by atoms with Crippen molar-refractivity contribution in [2.75, 3.05) is 5.32 Å². The monoisotopic (exact) mass is 264 g/mol. The summed E-state index contributed by atoms with van der Waals surface area (Å²) in [5.41, 5.74) is -0.900. The molecule has 0 aliphatic rings. The van der Waals surface area contributed by atoms with Gasteiger partial charge in [-0.1, -0.05) is 11.6 Å². The van der Waals surface area contributed by atoms with E-state index in [9.17, 15) is 15.2 Å². The Kier molecular flexibility index (Phi) is 4.08. The van der Waals surface area contributed by atoms with Gasteiger partial charge in [0.05, 0.1) is 10.6 Å². The molecule has 0 saturated heterocycles. The number of rotatable bonds is 3. The number of phenols is 1. The molecule has 1 aromatic carbocycles. The van der Waals surface area contributed by atoms with E-state index in [0.717, 1.165) is 12.3 Å². The normalized spacial score (nSPS) is 8.83. The van der Waals surface area contributed by atoms with Gasteiger partial charge in [-0.15, -0.1) is 0 Å². The molecule has 0 saturated carbocycles. The molecule has 2 N–H and O–H groups in total. The molecule has 7 nitrogen and oxygen atoms in total. The number of anilines is 1. The Labute approximate surface area is 106 Å². The molecule has 0 aliphatic carbocycles. The van der Waals surface area contributed by atoms with E-state index >= 15 is 0 Å². The van der Waals surface area contributed by atoms with Gasteiger partial charge < -0.3 is 10.4 Å². The second-order valence-electron chi connectivity index (χ2n) is 3.00. The molecule has 0 spiro atoms. The molecule has 0 atom stereocenters. The van der Waals surface area contributed by atoms with E-state index in [1.165, 1.54) is 6.07 Å². The number of benzene rings is 1. The Morgan fingerprint density at radius 3 is 2.61 bits per heavy atom. The van der Waals surface area contributed by atoms with Crippen LogP contribution in [0, 0.1) is 32.8 Å². The van der Waals surface area contributed by atoms with E-state index < -0.39 is 16.4 Å². The molecule has 8 heteroatoms. The summed E-state index contributed by atoms with van der Waals surface area (Å²) in [6.07, 6.45) is 1.01. The minimum absolute atomic E-state index is 0.0332. The fraction of sp³-hybridized carbons (Fsp3) is 0. The molecule has 0 heterocycles. The molecule has 0 fully saturated rings. The first-order valence-corrected chi connectivity index (χ1v) is 4.81. The summed E-state index contributed by atoms with van der Waals surface area (Å²) in [5.74, 6) is -0.629. The Morgan fingerprint density at radius 2 is 2.11 bits per heavy atom. The van der Waals surface area contributed by atoms with Gasteiger partial charge in [0, 0.05) is 17.3 Å². The van der Waals surface area contributed by atoms with Crippen molar-refractivity contribution in [1.29, 1.82) is 10.5 Å². The first kappa shape index (κ1) is 13.3. The van der Waals surface area contributed by atoms with Crippen LogP contribution in [-0.4, -0.2) is 10.0 Å². The number of phenolic OH excluding ortho intramolecular Hbond substituents is 1. The Bertz CT molecular complexity index is 597. The van der Waals surface area contributed by atoms with Crippen LogP contribution in [0.15, 0.2) is 23.9 Å². The molecule has 1 aromatic rings. The number of nitriles is 2. The summed E-state index contributed by atoms with van der Waals surface area (Å²) >= 11 is 5.64. The minimum Gasteiger partial charge on any atom is -0.501 e. The molecule has 90 valence electrons. The largest absolute Gasteiger partial charge is 0.501 e. The maximum atomic E-state index is 10.6. The maximum Gasteiger partial charge on any atom is 0.314 e. The second kappa shape index (κ2) is 5.53.